The Kier molecular flexibility index (Phi) is 4.67. The van der Waals surface area contributed by atoms with E-state index in [9.17, 15) is 0 Å². The lowest BCUT2D eigenvalue weighted by Crippen LogP contribution is -2.00. The zero-order chi connectivity index (χ0) is 18.6. The summed E-state index contributed by atoms with van der Waals surface area (Å²) in [6.45, 7) is 0. The number of rotatable bonds is 5. The van der Waals surface area contributed by atoms with Crippen molar-refractivity contribution in [3.05, 3.63) is 71.2 Å². The van der Waals surface area contributed by atoms with Gasteiger partial charge in [-0.25, -0.2) is 0 Å². The number of anilines is 1. The maximum Gasteiger partial charge on any atom is 0.185 e. The standard InChI is InChI=1S/C19H15ClN6O/c1-27-16-8-2-13(3-9-16)12-21-22-17-10-11-18-23-24-19(26(18)25-17)14-4-6-15(20)7-5-14/h2-12H,1H3,(H,22,25). The van der Waals surface area contributed by atoms with E-state index in [2.05, 4.69) is 25.8 Å². The van der Waals surface area contributed by atoms with Gasteiger partial charge in [-0.2, -0.15) is 9.62 Å². The van der Waals surface area contributed by atoms with Gasteiger partial charge in [0, 0.05) is 10.6 Å². The van der Waals surface area contributed by atoms with Gasteiger partial charge in [-0.05, 0) is 66.2 Å². The van der Waals surface area contributed by atoms with E-state index in [1.807, 2.05) is 42.5 Å². The second kappa shape index (κ2) is 7.43. The molecule has 0 saturated heterocycles. The summed E-state index contributed by atoms with van der Waals surface area (Å²) < 4.78 is 6.80. The summed E-state index contributed by atoms with van der Waals surface area (Å²) in [6.07, 6.45) is 1.71. The van der Waals surface area contributed by atoms with Crippen molar-refractivity contribution >= 4 is 29.3 Å². The Morgan fingerprint density at radius 2 is 1.78 bits per heavy atom. The molecule has 0 atom stereocenters. The second-order valence-electron chi connectivity index (χ2n) is 5.66. The first-order valence-electron chi connectivity index (χ1n) is 8.14. The minimum absolute atomic E-state index is 0.572. The first-order valence-corrected chi connectivity index (χ1v) is 8.52. The third-order valence-electron chi connectivity index (χ3n) is 3.87. The molecule has 2 heterocycles. The average Bonchev–Trinajstić information content (AvgIpc) is 3.12. The molecular formula is C19H15ClN6O. The number of hydrazone groups is 1. The van der Waals surface area contributed by atoms with Crippen molar-refractivity contribution in [2.75, 3.05) is 12.5 Å². The fraction of sp³-hybridized carbons (Fsp3) is 0.0526. The van der Waals surface area contributed by atoms with Gasteiger partial charge in [-0.1, -0.05) is 11.6 Å². The van der Waals surface area contributed by atoms with Crippen LogP contribution in [0.3, 0.4) is 0 Å². The van der Waals surface area contributed by atoms with Crippen LogP contribution in [-0.4, -0.2) is 33.1 Å². The highest BCUT2D eigenvalue weighted by molar-refractivity contribution is 6.30. The van der Waals surface area contributed by atoms with E-state index in [-0.39, 0.29) is 0 Å². The van der Waals surface area contributed by atoms with Crippen LogP contribution in [0, 0.1) is 0 Å². The van der Waals surface area contributed by atoms with Gasteiger partial charge < -0.3 is 4.74 Å². The highest BCUT2D eigenvalue weighted by Crippen LogP contribution is 2.20. The molecular weight excluding hydrogens is 364 g/mol. The number of benzene rings is 2. The summed E-state index contributed by atoms with van der Waals surface area (Å²) >= 11 is 5.95. The monoisotopic (exact) mass is 378 g/mol. The molecule has 1 N–H and O–H groups in total. The largest absolute Gasteiger partial charge is 0.497 e. The Hall–Kier alpha value is -3.45. The van der Waals surface area contributed by atoms with Crippen molar-refractivity contribution in [1.29, 1.82) is 0 Å². The summed E-state index contributed by atoms with van der Waals surface area (Å²) in [5.74, 6) is 2.00. The second-order valence-corrected chi connectivity index (χ2v) is 6.10. The molecule has 4 rings (SSSR count). The number of hydrogen-bond acceptors (Lipinski definition) is 6. The highest BCUT2D eigenvalue weighted by Gasteiger charge is 2.09. The lowest BCUT2D eigenvalue weighted by molar-refractivity contribution is 0.415. The van der Waals surface area contributed by atoms with E-state index >= 15 is 0 Å². The van der Waals surface area contributed by atoms with Crippen molar-refractivity contribution in [3.8, 4) is 17.1 Å². The van der Waals surface area contributed by atoms with Crippen LogP contribution in [0.5, 0.6) is 5.75 Å². The van der Waals surface area contributed by atoms with Crippen LogP contribution in [0.1, 0.15) is 5.56 Å². The molecule has 7 nitrogen and oxygen atoms in total. The molecule has 0 saturated carbocycles. The summed E-state index contributed by atoms with van der Waals surface area (Å²) in [7, 11) is 1.63. The Morgan fingerprint density at radius 3 is 2.52 bits per heavy atom. The van der Waals surface area contributed by atoms with Crippen molar-refractivity contribution in [1.82, 2.24) is 19.8 Å². The lowest BCUT2D eigenvalue weighted by atomic mass is 10.2. The molecule has 2 aromatic carbocycles. The molecule has 2 aromatic heterocycles. The van der Waals surface area contributed by atoms with E-state index in [0.29, 0.717) is 22.3 Å². The Bertz CT molecular complexity index is 1090. The molecule has 4 aromatic rings. The topological polar surface area (TPSA) is 76.7 Å². The number of nitrogens with one attached hydrogen (secondary N) is 1. The molecule has 0 fully saturated rings. The van der Waals surface area contributed by atoms with Crippen molar-refractivity contribution in [2.45, 2.75) is 0 Å². The summed E-state index contributed by atoms with van der Waals surface area (Å²) in [4.78, 5) is 0. The molecule has 134 valence electrons. The van der Waals surface area contributed by atoms with Crippen LogP contribution < -0.4 is 10.2 Å². The van der Waals surface area contributed by atoms with Gasteiger partial charge in [-0.15, -0.1) is 15.3 Å². The summed E-state index contributed by atoms with van der Waals surface area (Å²) in [5.41, 5.74) is 5.38. The maximum atomic E-state index is 5.95. The third-order valence-corrected chi connectivity index (χ3v) is 4.13. The number of fused-ring (bicyclic) bond motifs is 1. The highest BCUT2D eigenvalue weighted by atomic mass is 35.5. The third kappa shape index (κ3) is 3.73. The van der Waals surface area contributed by atoms with Gasteiger partial charge >= 0.3 is 0 Å². The van der Waals surface area contributed by atoms with Crippen LogP contribution >= 0.6 is 11.6 Å². The fourth-order valence-electron chi connectivity index (χ4n) is 2.49. The summed E-state index contributed by atoms with van der Waals surface area (Å²) in [5, 5.41) is 17.7. The molecule has 8 heteroatoms. The number of nitrogens with zero attached hydrogens (tertiary/aromatic N) is 5. The van der Waals surface area contributed by atoms with E-state index < -0.39 is 0 Å². The molecule has 0 aliphatic heterocycles. The first kappa shape index (κ1) is 17.0. The van der Waals surface area contributed by atoms with Gasteiger partial charge in [0.05, 0.1) is 13.3 Å². The minimum atomic E-state index is 0.572. The number of methoxy groups -OCH3 is 1. The Morgan fingerprint density at radius 1 is 1.00 bits per heavy atom. The molecule has 0 unspecified atom stereocenters. The molecule has 0 radical (unpaired) electrons. The van der Waals surface area contributed by atoms with E-state index in [0.717, 1.165) is 16.9 Å². The van der Waals surface area contributed by atoms with Gasteiger partial charge in [0.1, 0.15) is 5.75 Å². The SMILES string of the molecule is COc1ccc(C=NNc2ccc3nnc(-c4ccc(Cl)cc4)n3n2)cc1. The smallest absolute Gasteiger partial charge is 0.185 e. The predicted octanol–water partition coefficient (Wildman–Crippen LogP) is 3.90. The van der Waals surface area contributed by atoms with Gasteiger partial charge in [-0.3, -0.25) is 5.43 Å². The number of aromatic nitrogens is 4. The van der Waals surface area contributed by atoms with Crippen molar-refractivity contribution < 1.29 is 4.74 Å². The number of hydrogen-bond donors (Lipinski definition) is 1. The van der Waals surface area contributed by atoms with Crippen LogP contribution in [0.25, 0.3) is 17.0 Å². The number of halogens is 1. The molecule has 0 aliphatic carbocycles. The fourth-order valence-corrected chi connectivity index (χ4v) is 2.62. The van der Waals surface area contributed by atoms with E-state index in [1.54, 1.807) is 36.0 Å². The first-order chi connectivity index (χ1) is 13.2. The van der Waals surface area contributed by atoms with Gasteiger partial charge in [0.15, 0.2) is 17.3 Å². The van der Waals surface area contributed by atoms with Crippen LogP contribution in [-0.2, 0) is 0 Å². The zero-order valence-electron chi connectivity index (χ0n) is 14.4. The number of ether oxygens (including phenoxy) is 1. The van der Waals surface area contributed by atoms with Crippen LogP contribution in [0.4, 0.5) is 5.82 Å². The van der Waals surface area contributed by atoms with Crippen molar-refractivity contribution in [2.24, 2.45) is 5.10 Å². The van der Waals surface area contributed by atoms with E-state index in [1.165, 1.54) is 0 Å². The van der Waals surface area contributed by atoms with Crippen LogP contribution in [0.2, 0.25) is 5.02 Å². The van der Waals surface area contributed by atoms with E-state index in [4.69, 9.17) is 16.3 Å². The molecule has 27 heavy (non-hydrogen) atoms. The molecule has 0 amide bonds. The Balaban J connectivity index is 1.56. The normalized spacial score (nSPS) is 11.2. The maximum absolute atomic E-state index is 5.95. The zero-order valence-corrected chi connectivity index (χ0v) is 15.1. The molecule has 0 bridgehead atoms. The Labute approximate surface area is 160 Å². The predicted molar refractivity (Wildman–Crippen MR) is 105 cm³/mol. The molecule has 0 aliphatic rings. The minimum Gasteiger partial charge on any atom is -0.497 e. The van der Waals surface area contributed by atoms with Gasteiger partial charge in [0.2, 0.25) is 0 Å². The lowest BCUT2D eigenvalue weighted by Gasteiger charge is -2.03. The quantitative estimate of drug-likeness (QED) is 0.421. The van der Waals surface area contributed by atoms with Crippen LogP contribution in [0.15, 0.2) is 65.8 Å². The van der Waals surface area contributed by atoms with Crippen molar-refractivity contribution in [3.63, 3.8) is 0 Å². The van der Waals surface area contributed by atoms with Gasteiger partial charge in [0.25, 0.3) is 0 Å². The average molecular weight is 379 g/mol. The molecule has 0 spiro atoms. The summed E-state index contributed by atoms with van der Waals surface area (Å²) in [6, 6.07) is 18.6.